The van der Waals surface area contributed by atoms with E-state index in [0.717, 1.165) is 32.0 Å². The Bertz CT molecular complexity index is 537. The lowest BCUT2D eigenvalue weighted by Crippen LogP contribution is -2.59. The minimum atomic E-state index is 0.117. The fourth-order valence-electron chi connectivity index (χ4n) is 5.72. The van der Waals surface area contributed by atoms with E-state index >= 15 is 0 Å². The minimum Gasteiger partial charge on any atom is -0.353 e. The van der Waals surface area contributed by atoms with Crippen molar-refractivity contribution in [3.63, 3.8) is 0 Å². The molecule has 1 aliphatic carbocycles. The highest BCUT2D eigenvalue weighted by Crippen LogP contribution is 2.41. The van der Waals surface area contributed by atoms with Crippen LogP contribution in [0.2, 0.25) is 0 Å². The zero-order chi connectivity index (χ0) is 19.1. The van der Waals surface area contributed by atoms with Gasteiger partial charge >= 0.3 is 0 Å². The molecule has 4 aliphatic rings. The van der Waals surface area contributed by atoms with Gasteiger partial charge < -0.3 is 10.6 Å². The molecule has 6 heteroatoms. The number of nitrogens with one attached hydrogen (secondary N) is 4. The summed E-state index contributed by atoms with van der Waals surface area (Å²) >= 11 is 0. The summed E-state index contributed by atoms with van der Waals surface area (Å²) in [6, 6.07) is 1.49. The molecule has 154 valence electrons. The van der Waals surface area contributed by atoms with Crippen LogP contribution in [0, 0.1) is 29.6 Å². The second-order valence-corrected chi connectivity index (χ2v) is 9.97. The van der Waals surface area contributed by atoms with E-state index in [9.17, 15) is 4.79 Å². The van der Waals surface area contributed by atoms with Crippen LogP contribution in [0.4, 0.5) is 0 Å². The van der Waals surface area contributed by atoms with Gasteiger partial charge in [-0.05, 0) is 70.8 Å². The van der Waals surface area contributed by atoms with Crippen molar-refractivity contribution in [1.29, 1.82) is 0 Å². The molecule has 3 saturated heterocycles. The maximum Gasteiger partial charge on any atom is 0.224 e. The van der Waals surface area contributed by atoms with E-state index in [1.54, 1.807) is 0 Å². The first-order valence-electron chi connectivity index (χ1n) is 11.2. The van der Waals surface area contributed by atoms with Crippen LogP contribution >= 0.6 is 0 Å². The molecule has 4 rings (SSSR count). The predicted octanol–water partition coefficient (Wildman–Crippen LogP) is 1.30. The van der Waals surface area contributed by atoms with Crippen molar-refractivity contribution in [3.8, 4) is 0 Å². The van der Waals surface area contributed by atoms with Gasteiger partial charge in [-0.25, -0.2) is 5.01 Å². The van der Waals surface area contributed by atoms with Crippen LogP contribution in [-0.4, -0.2) is 54.8 Å². The monoisotopic (exact) mass is 377 g/mol. The van der Waals surface area contributed by atoms with Crippen LogP contribution in [-0.2, 0) is 4.79 Å². The number of hydrogen-bond acceptors (Lipinski definition) is 5. The molecule has 0 aromatic carbocycles. The number of carbonyl (C=O) groups excluding carboxylic acids is 1. The van der Waals surface area contributed by atoms with Gasteiger partial charge in [0, 0.05) is 37.1 Å². The number of amides is 1. The average Bonchev–Trinajstić information content (AvgIpc) is 3.35. The fourth-order valence-corrected chi connectivity index (χ4v) is 5.72. The number of rotatable bonds is 6. The Morgan fingerprint density at radius 2 is 1.96 bits per heavy atom. The van der Waals surface area contributed by atoms with Crippen LogP contribution in [0.3, 0.4) is 0 Å². The summed E-state index contributed by atoms with van der Waals surface area (Å²) < 4.78 is 0. The highest BCUT2D eigenvalue weighted by atomic mass is 16.2. The zero-order valence-corrected chi connectivity index (χ0v) is 17.5. The molecule has 1 saturated carbocycles. The van der Waals surface area contributed by atoms with Crippen LogP contribution in [0.15, 0.2) is 0 Å². The minimum absolute atomic E-state index is 0.117. The Kier molecular flexibility index (Phi) is 5.79. The zero-order valence-electron chi connectivity index (χ0n) is 17.5. The molecule has 0 aromatic heterocycles. The van der Waals surface area contributed by atoms with Gasteiger partial charge in [-0.1, -0.05) is 6.92 Å². The van der Waals surface area contributed by atoms with Gasteiger partial charge in [0.2, 0.25) is 5.91 Å². The molecule has 27 heavy (non-hydrogen) atoms. The SMILES string of the molecule is CC1CC(C)C(CNCC2CC(C3CC3)NC3C2CNN3C(C)C)C(=O)N1. The molecule has 4 N–H and O–H groups in total. The summed E-state index contributed by atoms with van der Waals surface area (Å²) in [5, 5.41) is 13.2. The van der Waals surface area contributed by atoms with E-state index in [-0.39, 0.29) is 11.8 Å². The first kappa shape index (κ1) is 19.6. The smallest absolute Gasteiger partial charge is 0.224 e. The maximum absolute atomic E-state index is 12.4. The average molecular weight is 378 g/mol. The highest BCUT2D eigenvalue weighted by Gasteiger charge is 2.48. The summed E-state index contributed by atoms with van der Waals surface area (Å²) in [7, 11) is 0. The molecule has 7 atom stereocenters. The third kappa shape index (κ3) is 4.19. The Hall–Kier alpha value is -0.690. The van der Waals surface area contributed by atoms with E-state index in [4.69, 9.17) is 0 Å². The maximum atomic E-state index is 12.4. The quantitative estimate of drug-likeness (QED) is 0.562. The van der Waals surface area contributed by atoms with Gasteiger partial charge in [0.05, 0.1) is 12.1 Å². The summed E-state index contributed by atoms with van der Waals surface area (Å²) in [5.74, 6) is 3.03. The second-order valence-electron chi connectivity index (χ2n) is 9.97. The first-order chi connectivity index (χ1) is 12.9. The van der Waals surface area contributed by atoms with Crippen molar-refractivity contribution in [1.82, 2.24) is 26.4 Å². The Balaban J connectivity index is 1.35. The van der Waals surface area contributed by atoms with Crippen molar-refractivity contribution in [2.45, 2.75) is 77.7 Å². The molecule has 6 nitrogen and oxygen atoms in total. The van der Waals surface area contributed by atoms with Gasteiger partial charge in [-0.15, -0.1) is 0 Å². The Morgan fingerprint density at radius 1 is 1.19 bits per heavy atom. The summed E-state index contributed by atoms with van der Waals surface area (Å²) in [4.78, 5) is 12.4. The van der Waals surface area contributed by atoms with E-state index < -0.39 is 0 Å². The number of hydrogen-bond donors (Lipinski definition) is 4. The van der Waals surface area contributed by atoms with Crippen LogP contribution in [0.25, 0.3) is 0 Å². The lowest BCUT2D eigenvalue weighted by Gasteiger charge is -2.43. The first-order valence-corrected chi connectivity index (χ1v) is 11.2. The third-order valence-electron chi connectivity index (χ3n) is 7.42. The van der Waals surface area contributed by atoms with Crippen LogP contribution in [0.5, 0.6) is 0 Å². The van der Waals surface area contributed by atoms with Gasteiger partial charge in [0.25, 0.3) is 0 Å². The number of piperidine rings is 2. The molecule has 0 aromatic rings. The predicted molar refractivity (Wildman–Crippen MR) is 108 cm³/mol. The molecule has 0 spiro atoms. The van der Waals surface area contributed by atoms with Crippen molar-refractivity contribution in [2.24, 2.45) is 29.6 Å². The standard InChI is InChI=1S/C21H39N5O/c1-12(2)26-20-18(11-23-26)16(8-19(25-20)15-5-6-15)9-22-10-17-13(3)7-14(4)24-21(17)27/h12-20,22-23,25H,5-11H2,1-4H3,(H,24,27). The molecule has 3 aliphatic heterocycles. The van der Waals surface area contributed by atoms with Crippen LogP contribution in [0.1, 0.15) is 53.4 Å². The van der Waals surface area contributed by atoms with Gasteiger partial charge in [0.15, 0.2) is 0 Å². The highest BCUT2D eigenvalue weighted by molar-refractivity contribution is 5.80. The van der Waals surface area contributed by atoms with Crippen molar-refractivity contribution >= 4 is 5.91 Å². The van der Waals surface area contributed by atoms with Gasteiger partial charge in [-0.3, -0.25) is 15.5 Å². The normalized spacial score (nSPS) is 43.0. The molecule has 4 fully saturated rings. The lowest BCUT2D eigenvalue weighted by molar-refractivity contribution is -0.129. The van der Waals surface area contributed by atoms with E-state index in [0.29, 0.717) is 42.0 Å². The summed E-state index contributed by atoms with van der Waals surface area (Å²) in [6.07, 6.45) is 5.60. The molecule has 7 unspecified atom stereocenters. The summed E-state index contributed by atoms with van der Waals surface area (Å²) in [5.41, 5.74) is 3.65. The van der Waals surface area contributed by atoms with E-state index in [1.165, 1.54) is 19.3 Å². The van der Waals surface area contributed by atoms with Crippen molar-refractivity contribution in [3.05, 3.63) is 0 Å². The second kappa shape index (κ2) is 7.97. The van der Waals surface area contributed by atoms with Gasteiger partial charge in [0.1, 0.15) is 0 Å². The number of carbonyl (C=O) groups is 1. The van der Waals surface area contributed by atoms with E-state index in [1.807, 2.05) is 0 Å². The lowest BCUT2D eigenvalue weighted by atomic mass is 9.79. The van der Waals surface area contributed by atoms with Crippen LogP contribution < -0.4 is 21.4 Å². The third-order valence-corrected chi connectivity index (χ3v) is 7.42. The molecule has 3 heterocycles. The van der Waals surface area contributed by atoms with E-state index in [2.05, 4.69) is 54.1 Å². The summed E-state index contributed by atoms with van der Waals surface area (Å²) in [6.45, 7) is 11.8. The Morgan fingerprint density at radius 3 is 2.63 bits per heavy atom. The van der Waals surface area contributed by atoms with Gasteiger partial charge in [-0.2, -0.15) is 0 Å². The Labute approximate surface area is 164 Å². The number of fused-ring (bicyclic) bond motifs is 1. The topological polar surface area (TPSA) is 68.4 Å². The largest absolute Gasteiger partial charge is 0.353 e. The molecular weight excluding hydrogens is 338 g/mol. The number of hydrazine groups is 1. The molecule has 0 bridgehead atoms. The van der Waals surface area contributed by atoms with Crippen molar-refractivity contribution < 1.29 is 4.79 Å². The fraction of sp³-hybridized carbons (Fsp3) is 0.952. The molecular formula is C21H39N5O. The van der Waals surface area contributed by atoms with Crippen molar-refractivity contribution in [2.75, 3.05) is 19.6 Å². The number of nitrogens with zero attached hydrogens (tertiary/aromatic N) is 1. The molecule has 0 radical (unpaired) electrons. The molecule has 1 amide bonds.